The zero-order chi connectivity index (χ0) is 17.8. The van der Waals surface area contributed by atoms with Crippen molar-refractivity contribution in [2.45, 2.75) is 11.4 Å². The van der Waals surface area contributed by atoms with Gasteiger partial charge in [-0.05, 0) is 0 Å². The van der Waals surface area contributed by atoms with E-state index in [-0.39, 0.29) is 0 Å². The Labute approximate surface area is 158 Å². The van der Waals surface area contributed by atoms with E-state index in [1.54, 1.807) is 0 Å². The van der Waals surface area contributed by atoms with E-state index in [0.29, 0.717) is 5.88 Å². The first-order chi connectivity index (χ1) is 12.9. The standard InChI is InChI=1S/C23H19ClN2/c24-16-22-17-26(18-25-22)23(19-10-4-1-5-11-19,20-12-6-2-7-13-20)21-14-8-3-9-15-21/h1-15,17-18H,16H2/p+1. The summed E-state index contributed by atoms with van der Waals surface area (Å²) in [6.07, 6.45) is 4.10. The molecule has 3 aromatic carbocycles. The van der Waals surface area contributed by atoms with Gasteiger partial charge in [0.2, 0.25) is 6.33 Å². The van der Waals surface area contributed by atoms with Gasteiger partial charge in [-0.2, -0.15) is 0 Å². The van der Waals surface area contributed by atoms with E-state index in [4.69, 9.17) is 11.6 Å². The monoisotopic (exact) mass is 359 g/mol. The summed E-state index contributed by atoms with van der Waals surface area (Å²) in [6, 6.07) is 31.8. The van der Waals surface area contributed by atoms with Crippen LogP contribution in [0.3, 0.4) is 0 Å². The van der Waals surface area contributed by atoms with Gasteiger partial charge in [0.05, 0.1) is 5.88 Å². The van der Waals surface area contributed by atoms with Crippen LogP contribution in [0.2, 0.25) is 0 Å². The lowest BCUT2D eigenvalue weighted by Gasteiger charge is -2.32. The molecule has 1 aromatic heterocycles. The van der Waals surface area contributed by atoms with E-state index >= 15 is 0 Å². The normalized spacial score (nSPS) is 11.4. The summed E-state index contributed by atoms with van der Waals surface area (Å²) in [6.45, 7) is 0. The summed E-state index contributed by atoms with van der Waals surface area (Å²) in [5.74, 6) is 0.446. The van der Waals surface area contributed by atoms with Crippen LogP contribution in [0.25, 0.3) is 0 Å². The second kappa shape index (κ2) is 7.19. The number of rotatable bonds is 5. The number of aromatic amines is 1. The molecule has 0 saturated carbocycles. The summed E-state index contributed by atoms with van der Waals surface area (Å²) >= 11 is 6.08. The molecular weight excluding hydrogens is 340 g/mol. The van der Waals surface area contributed by atoms with Crippen molar-refractivity contribution in [2.24, 2.45) is 0 Å². The fourth-order valence-electron chi connectivity index (χ4n) is 3.65. The summed E-state index contributed by atoms with van der Waals surface area (Å²) in [4.78, 5) is 3.30. The first-order valence-corrected chi connectivity index (χ1v) is 9.20. The van der Waals surface area contributed by atoms with Gasteiger partial charge in [-0.15, -0.1) is 11.6 Å². The van der Waals surface area contributed by atoms with Crippen LogP contribution in [0.1, 0.15) is 22.4 Å². The predicted octanol–water partition coefficient (Wildman–Crippen LogP) is 4.88. The van der Waals surface area contributed by atoms with Gasteiger partial charge < -0.3 is 0 Å². The van der Waals surface area contributed by atoms with Crippen molar-refractivity contribution in [3.63, 3.8) is 0 Å². The highest BCUT2D eigenvalue weighted by molar-refractivity contribution is 6.16. The summed E-state index contributed by atoms with van der Waals surface area (Å²) in [5, 5.41) is 0. The van der Waals surface area contributed by atoms with Crippen LogP contribution in [0.15, 0.2) is 104 Å². The molecule has 0 amide bonds. The molecule has 0 saturated heterocycles. The largest absolute Gasteiger partial charge is 0.246 e. The van der Waals surface area contributed by atoms with Crippen LogP contribution in [0, 0.1) is 0 Å². The maximum Gasteiger partial charge on any atom is 0.243 e. The molecule has 0 radical (unpaired) electrons. The third kappa shape index (κ3) is 2.73. The lowest BCUT2D eigenvalue weighted by Crippen LogP contribution is -2.57. The highest BCUT2D eigenvalue weighted by Crippen LogP contribution is 2.36. The Hall–Kier alpha value is -2.84. The Bertz CT molecular complexity index is 866. The highest BCUT2D eigenvalue weighted by atomic mass is 35.5. The summed E-state index contributed by atoms with van der Waals surface area (Å²) in [7, 11) is 0. The Morgan fingerprint density at radius 2 is 1.12 bits per heavy atom. The molecular formula is C23H20ClN2+. The van der Waals surface area contributed by atoms with Gasteiger partial charge in [0, 0.05) is 16.7 Å². The van der Waals surface area contributed by atoms with Crippen molar-refractivity contribution >= 4 is 11.6 Å². The number of imidazole rings is 1. The molecule has 0 spiro atoms. The molecule has 0 aliphatic carbocycles. The number of aromatic nitrogens is 2. The van der Waals surface area contributed by atoms with E-state index in [1.807, 2.05) is 6.33 Å². The van der Waals surface area contributed by atoms with E-state index in [1.165, 1.54) is 16.7 Å². The quantitative estimate of drug-likeness (QED) is 0.297. The number of hydrogen-bond donors (Lipinski definition) is 1. The first kappa shape index (κ1) is 16.6. The molecule has 3 heteroatoms. The van der Waals surface area contributed by atoms with E-state index < -0.39 is 5.54 Å². The average Bonchev–Trinajstić information content (AvgIpc) is 3.21. The summed E-state index contributed by atoms with van der Waals surface area (Å²) in [5.41, 5.74) is 4.09. The minimum atomic E-state index is -0.482. The van der Waals surface area contributed by atoms with Gasteiger partial charge in [-0.1, -0.05) is 91.0 Å². The highest BCUT2D eigenvalue weighted by Gasteiger charge is 2.42. The van der Waals surface area contributed by atoms with Crippen molar-refractivity contribution in [1.29, 1.82) is 0 Å². The second-order valence-corrected chi connectivity index (χ2v) is 6.54. The molecule has 26 heavy (non-hydrogen) atoms. The Balaban J connectivity index is 2.10. The number of halogens is 1. The van der Waals surface area contributed by atoms with E-state index in [2.05, 4.69) is 107 Å². The fraction of sp³-hybridized carbons (Fsp3) is 0.0870. The van der Waals surface area contributed by atoms with Crippen molar-refractivity contribution in [1.82, 2.24) is 4.98 Å². The van der Waals surface area contributed by atoms with Gasteiger partial charge in [0.15, 0.2) is 11.2 Å². The number of nitrogens with one attached hydrogen (secondary N) is 1. The number of alkyl halides is 1. The smallest absolute Gasteiger partial charge is 0.243 e. The number of H-pyrrole nitrogens is 1. The maximum atomic E-state index is 6.08. The van der Waals surface area contributed by atoms with Gasteiger partial charge in [0.1, 0.15) is 6.20 Å². The molecule has 2 nitrogen and oxygen atoms in total. The molecule has 0 bridgehead atoms. The Morgan fingerprint density at radius 1 is 0.692 bits per heavy atom. The van der Waals surface area contributed by atoms with Crippen LogP contribution in [-0.2, 0) is 11.4 Å². The second-order valence-electron chi connectivity index (χ2n) is 6.28. The first-order valence-electron chi connectivity index (χ1n) is 8.67. The van der Waals surface area contributed by atoms with Crippen LogP contribution in [0.5, 0.6) is 0 Å². The Morgan fingerprint density at radius 3 is 1.46 bits per heavy atom. The third-order valence-electron chi connectivity index (χ3n) is 4.79. The lowest BCUT2D eigenvalue weighted by atomic mass is 9.77. The fourth-order valence-corrected chi connectivity index (χ4v) is 3.79. The third-order valence-corrected chi connectivity index (χ3v) is 5.08. The van der Waals surface area contributed by atoms with Crippen LogP contribution >= 0.6 is 11.6 Å². The lowest BCUT2D eigenvalue weighted by molar-refractivity contribution is -0.733. The molecule has 0 atom stereocenters. The zero-order valence-electron chi connectivity index (χ0n) is 14.3. The van der Waals surface area contributed by atoms with Crippen LogP contribution in [0.4, 0.5) is 0 Å². The van der Waals surface area contributed by atoms with Gasteiger partial charge in [0.25, 0.3) is 0 Å². The van der Waals surface area contributed by atoms with Crippen LogP contribution < -0.4 is 4.57 Å². The molecule has 4 aromatic rings. The van der Waals surface area contributed by atoms with Gasteiger partial charge in [-0.25, -0.2) is 9.55 Å². The molecule has 0 unspecified atom stereocenters. The SMILES string of the molecule is ClCc1c[n+](C(c2ccccc2)(c2ccccc2)c2ccccc2)c[nH]1. The molecule has 4 rings (SSSR count). The van der Waals surface area contributed by atoms with E-state index in [0.717, 1.165) is 5.69 Å². The summed E-state index contributed by atoms with van der Waals surface area (Å²) < 4.78 is 2.23. The minimum Gasteiger partial charge on any atom is -0.246 e. The molecule has 0 fully saturated rings. The van der Waals surface area contributed by atoms with Crippen molar-refractivity contribution in [2.75, 3.05) is 0 Å². The van der Waals surface area contributed by atoms with Crippen molar-refractivity contribution in [3.05, 3.63) is 126 Å². The van der Waals surface area contributed by atoms with Crippen LogP contribution in [-0.4, -0.2) is 4.98 Å². The Kier molecular flexibility index (Phi) is 4.59. The topological polar surface area (TPSA) is 19.7 Å². The number of hydrogen-bond acceptors (Lipinski definition) is 0. The number of benzene rings is 3. The number of nitrogens with zero attached hydrogens (tertiary/aromatic N) is 1. The predicted molar refractivity (Wildman–Crippen MR) is 105 cm³/mol. The minimum absolute atomic E-state index is 0.446. The molecule has 0 aliphatic heterocycles. The van der Waals surface area contributed by atoms with E-state index in [9.17, 15) is 0 Å². The molecule has 1 heterocycles. The maximum absolute atomic E-state index is 6.08. The molecule has 1 N–H and O–H groups in total. The zero-order valence-corrected chi connectivity index (χ0v) is 15.1. The van der Waals surface area contributed by atoms with Crippen molar-refractivity contribution < 1.29 is 4.57 Å². The molecule has 0 aliphatic rings. The molecule has 128 valence electrons. The van der Waals surface area contributed by atoms with Gasteiger partial charge in [-0.3, -0.25) is 0 Å². The van der Waals surface area contributed by atoms with Crippen molar-refractivity contribution in [3.8, 4) is 0 Å². The van der Waals surface area contributed by atoms with Gasteiger partial charge >= 0.3 is 0 Å². The average molecular weight is 360 g/mol.